The van der Waals surface area contributed by atoms with Crippen molar-refractivity contribution < 1.29 is 9.47 Å². The molecule has 1 aliphatic heterocycles. The fourth-order valence-corrected chi connectivity index (χ4v) is 3.39. The Hall–Kier alpha value is -3.49. The van der Waals surface area contributed by atoms with Crippen molar-refractivity contribution in [2.75, 3.05) is 19.5 Å². The zero-order valence-electron chi connectivity index (χ0n) is 14.4. The van der Waals surface area contributed by atoms with E-state index in [2.05, 4.69) is 25.5 Å². The number of ether oxygens (including phenoxy) is 2. The van der Waals surface area contributed by atoms with Gasteiger partial charge in [0, 0.05) is 22.9 Å². The highest BCUT2D eigenvalue weighted by atomic mass is 16.5. The summed E-state index contributed by atoms with van der Waals surface area (Å²) >= 11 is 0. The van der Waals surface area contributed by atoms with Crippen molar-refractivity contribution in [3.8, 4) is 11.5 Å². The molecule has 1 aliphatic rings. The quantitative estimate of drug-likeness (QED) is 0.440. The molecule has 0 fully saturated rings. The Morgan fingerprint density at radius 1 is 1.08 bits per heavy atom. The maximum absolute atomic E-state index is 12.6. The minimum Gasteiger partial charge on any atom is -0.497 e. The van der Waals surface area contributed by atoms with Crippen molar-refractivity contribution in [2.45, 2.75) is 12.8 Å². The smallest absolute Gasteiger partial charge is 0.327 e. The summed E-state index contributed by atoms with van der Waals surface area (Å²) < 4.78 is 10.8. The van der Waals surface area contributed by atoms with Crippen molar-refractivity contribution in [2.24, 2.45) is 0 Å². The first-order valence-corrected chi connectivity index (χ1v) is 7.93. The van der Waals surface area contributed by atoms with Crippen LogP contribution in [-0.2, 0) is 0 Å². The largest absolute Gasteiger partial charge is 0.497 e. The lowest BCUT2D eigenvalue weighted by molar-refractivity contribution is 0.390. The second-order valence-corrected chi connectivity index (χ2v) is 5.97. The Labute approximate surface area is 147 Å². The molecule has 0 amide bonds. The molecule has 0 unspecified atom stereocenters. The highest BCUT2D eigenvalue weighted by Gasteiger charge is 2.35. The molecule has 3 aromatic rings. The zero-order chi connectivity index (χ0) is 18.4. The van der Waals surface area contributed by atoms with E-state index < -0.39 is 17.2 Å². The molecule has 9 nitrogen and oxygen atoms in total. The van der Waals surface area contributed by atoms with Gasteiger partial charge in [0.1, 0.15) is 17.3 Å². The molecule has 2 aromatic heterocycles. The predicted molar refractivity (Wildman–Crippen MR) is 94.8 cm³/mol. The van der Waals surface area contributed by atoms with Gasteiger partial charge in [-0.25, -0.2) is 4.79 Å². The van der Waals surface area contributed by atoms with E-state index >= 15 is 0 Å². The van der Waals surface area contributed by atoms with E-state index in [4.69, 9.17) is 9.47 Å². The minimum absolute atomic E-state index is 0.320. The third-order valence-electron chi connectivity index (χ3n) is 4.55. The summed E-state index contributed by atoms with van der Waals surface area (Å²) in [4.78, 5) is 29.3. The van der Waals surface area contributed by atoms with Crippen LogP contribution in [0, 0.1) is 6.92 Å². The van der Waals surface area contributed by atoms with Gasteiger partial charge >= 0.3 is 5.69 Å². The standard InChI is InChI=1S/C17H17N5O4/c1-7-11-12(9-5-4-8(25-2)6-10(9)26-3)13-14(18-15(11)22-21-7)19-17(24)20-16(13)23/h4-6,12H,1-3H3,(H4,18,19,20,21,22,23,24)/t12-/m0/s1. The van der Waals surface area contributed by atoms with Gasteiger partial charge in [0.15, 0.2) is 5.82 Å². The summed E-state index contributed by atoms with van der Waals surface area (Å²) in [6.07, 6.45) is 0. The van der Waals surface area contributed by atoms with Crippen LogP contribution in [0.25, 0.3) is 0 Å². The van der Waals surface area contributed by atoms with Crippen molar-refractivity contribution in [3.63, 3.8) is 0 Å². The molecule has 134 valence electrons. The van der Waals surface area contributed by atoms with Crippen molar-refractivity contribution in [3.05, 3.63) is 61.4 Å². The Bertz CT molecular complexity index is 1110. The van der Waals surface area contributed by atoms with Gasteiger partial charge in [-0.15, -0.1) is 0 Å². The van der Waals surface area contributed by atoms with Gasteiger partial charge in [0.25, 0.3) is 5.56 Å². The number of aromatic amines is 3. The molecule has 1 atom stereocenters. The third kappa shape index (κ3) is 2.28. The van der Waals surface area contributed by atoms with Crippen LogP contribution in [0.1, 0.15) is 28.3 Å². The SMILES string of the molecule is COc1ccc([C@H]2c3c(n[nH]c3C)Nc3[nH]c(=O)[nH]c(=O)c32)c(OC)c1. The van der Waals surface area contributed by atoms with Crippen LogP contribution in [0.15, 0.2) is 27.8 Å². The summed E-state index contributed by atoms with van der Waals surface area (Å²) in [5.41, 5.74) is 1.73. The van der Waals surface area contributed by atoms with Gasteiger partial charge in [-0.2, -0.15) is 5.10 Å². The average Bonchev–Trinajstić information content (AvgIpc) is 3.00. The first-order chi connectivity index (χ1) is 12.5. The monoisotopic (exact) mass is 355 g/mol. The molecular formula is C17H17N5O4. The number of H-pyrrole nitrogens is 3. The third-order valence-corrected chi connectivity index (χ3v) is 4.55. The molecule has 1 aromatic carbocycles. The maximum atomic E-state index is 12.6. The molecule has 4 rings (SSSR count). The number of methoxy groups -OCH3 is 2. The van der Waals surface area contributed by atoms with Crippen LogP contribution in [-0.4, -0.2) is 34.4 Å². The van der Waals surface area contributed by atoms with Gasteiger partial charge in [-0.3, -0.25) is 19.9 Å². The Balaban J connectivity index is 2.04. The maximum Gasteiger partial charge on any atom is 0.327 e. The Kier molecular flexibility index (Phi) is 3.57. The number of rotatable bonds is 3. The van der Waals surface area contributed by atoms with E-state index in [-0.39, 0.29) is 0 Å². The molecule has 0 radical (unpaired) electrons. The average molecular weight is 355 g/mol. The zero-order valence-corrected chi connectivity index (χ0v) is 14.4. The van der Waals surface area contributed by atoms with E-state index in [1.165, 1.54) is 0 Å². The minimum atomic E-state index is -0.586. The van der Waals surface area contributed by atoms with Crippen LogP contribution < -0.4 is 26.0 Å². The van der Waals surface area contributed by atoms with E-state index in [1.54, 1.807) is 26.4 Å². The fraction of sp³-hybridized carbons (Fsp3) is 0.235. The van der Waals surface area contributed by atoms with Gasteiger partial charge in [0.05, 0.1) is 25.7 Å². The van der Waals surface area contributed by atoms with Crippen LogP contribution in [0.4, 0.5) is 11.6 Å². The molecule has 0 saturated heterocycles. The number of aryl methyl sites for hydroxylation is 1. The van der Waals surface area contributed by atoms with E-state index in [0.717, 1.165) is 16.8 Å². The predicted octanol–water partition coefficient (Wildman–Crippen LogP) is 1.35. The Morgan fingerprint density at radius 3 is 2.62 bits per heavy atom. The van der Waals surface area contributed by atoms with Crippen LogP contribution >= 0.6 is 0 Å². The summed E-state index contributed by atoms with van der Waals surface area (Å²) in [5, 5.41) is 10.2. The summed E-state index contributed by atoms with van der Waals surface area (Å²) in [6.45, 7) is 1.88. The number of nitrogens with one attached hydrogen (secondary N) is 4. The number of fused-ring (bicyclic) bond motifs is 2. The van der Waals surface area contributed by atoms with E-state index in [1.807, 2.05) is 13.0 Å². The molecule has 0 bridgehead atoms. The van der Waals surface area contributed by atoms with Gasteiger partial charge in [-0.1, -0.05) is 6.07 Å². The first-order valence-electron chi connectivity index (χ1n) is 7.93. The highest BCUT2D eigenvalue weighted by Crippen LogP contribution is 2.45. The molecule has 0 spiro atoms. The number of benzene rings is 1. The van der Waals surface area contributed by atoms with Crippen molar-refractivity contribution in [1.82, 2.24) is 20.2 Å². The molecule has 26 heavy (non-hydrogen) atoms. The number of hydrogen-bond acceptors (Lipinski definition) is 6. The normalized spacial score (nSPS) is 15.0. The van der Waals surface area contributed by atoms with Crippen molar-refractivity contribution in [1.29, 1.82) is 0 Å². The summed E-state index contributed by atoms with van der Waals surface area (Å²) in [7, 11) is 3.13. The topological polar surface area (TPSA) is 125 Å². The van der Waals surface area contributed by atoms with Crippen molar-refractivity contribution >= 4 is 11.6 Å². The first kappa shape index (κ1) is 16.0. The highest BCUT2D eigenvalue weighted by molar-refractivity contribution is 5.72. The van der Waals surface area contributed by atoms with Crippen LogP contribution in [0.5, 0.6) is 11.5 Å². The number of hydrogen-bond donors (Lipinski definition) is 4. The lowest BCUT2D eigenvalue weighted by Gasteiger charge is -2.27. The van der Waals surface area contributed by atoms with Crippen LogP contribution in [0.3, 0.4) is 0 Å². The fourth-order valence-electron chi connectivity index (χ4n) is 3.39. The summed E-state index contributed by atoms with van der Waals surface area (Å²) in [5.74, 6) is 1.61. The van der Waals surface area contributed by atoms with E-state index in [9.17, 15) is 9.59 Å². The second kappa shape index (κ2) is 5.80. The van der Waals surface area contributed by atoms with Gasteiger partial charge in [-0.05, 0) is 13.0 Å². The lowest BCUT2D eigenvalue weighted by Crippen LogP contribution is -2.32. The molecule has 0 saturated carbocycles. The number of aromatic nitrogens is 4. The van der Waals surface area contributed by atoms with Gasteiger partial charge in [0.2, 0.25) is 0 Å². The second-order valence-electron chi connectivity index (χ2n) is 5.97. The molecule has 4 N–H and O–H groups in total. The summed E-state index contributed by atoms with van der Waals surface area (Å²) in [6, 6.07) is 5.40. The molecule has 0 aliphatic carbocycles. The molecule has 9 heteroatoms. The number of nitrogens with zero attached hydrogens (tertiary/aromatic N) is 1. The lowest BCUT2D eigenvalue weighted by atomic mass is 9.83. The van der Waals surface area contributed by atoms with Crippen LogP contribution in [0.2, 0.25) is 0 Å². The number of anilines is 2. The van der Waals surface area contributed by atoms with E-state index in [0.29, 0.717) is 28.7 Å². The molecular weight excluding hydrogens is 338 g/mol. The Morgan fingerprint density at radius 2 is 1.88 bits per heavy atom. The van der Waals surface area contributed by atoms with Gasteiger partial charge < -0.3 is 14.8 Å². The molecule has 3 heterocycles.